The number of nitrogens with one attached hydrogen (secondary N) is 1. The summed E-state index contributed by atoms with van der Waals surface area (Å²) in [5, 5.41) is 5.84. The van der Waals surface area contributed by atoms with E-state index < -0.39 is 0 Å². The zero-order valence-electron chi connectivity index (χ0n) is 13.2. The number of piperazine rings is 1. The van der Waals surface area contributed by atoms with E-state index in [-0.39, 0.29) is 11.8 Å². The van der Waals surface area contributed by atoms with Crippen LogP contribution in [0.1, 0.15) is 22.3 Å². The van der Waals surface area contributed by atoms with Gasteiger partial charge in [-0.05, 0) is 30.2 Å². The highest BCUT2D eigenvalue weighted by Crippen LogP contribution is 2.25. The minimum Gasteiger partial charge on any atom is -0.345 e. The molecule has 1 fully saturated rings. The third-order valence-electron chi connectivity index (χ3n) is 4.50. The molecule has 1 aromatic heterocycles. The number of hydrogen-bond donors (Lipinski definition) is 1. The van der Waals surface area contributed by atoms with E-state index in [1.165, 1.54) is 0 Å². The van der Waals surface area contributed by atoms with Crippen molar-refractivity contribution in [1.29, 1.82) is 0 Å². The maximum Gasteiger partial charge on any atom is 0.253 e. The van der Waals surface area contributed by atoms with E-state index >= 15 is 0 Å². The molecule has 3 heterocycles. The highest BCUT2D eigenvalue weighted by atomic mass is 32.1. The van der Waals surface area contributed by atoms with Crippen molar-refractivity contribution < 1.29 is 9.59 Å². The van der Waals surface area contributed by atoms with Gasteiger partial charge in [0.05, 0.1) is 0 Å². The number of rotatable bonds is 2. The molecule has 0 aliphatic carbocycles. The molecule has 0 radical (unpaired) electrons. The van der Waals surface area contributed by atoms with Gasteiger partial charge in [0, 0.05) is 55.4 Å². The first-order chi connectivity index (χ1) is 11.7. The first-order valence-electron chi connectivity index (χ1n) is 8.07. The molecule has 0 bridgehead atoms. The van der Waals surface area contributed by atoms with Gasteiger partial charge in [0.1, 0.15) is 0 Å². The molecule has 1 N–H and O–H groups in total. The molecule has 2 aromatic rings. The van der Waals surface area contributed by atoms with Crippen LogP contribution in [0.2, 0.25) is 0 Å². The molecule has 2 aliphatic heterocycles. The molecule has 0 atom stereocenters. The second kappa shape index (κ2) is 6.24. The van der Waals surface area contributed by atoms with Gasteiger partial charge in [0.25, 0.3) is 5.91 Å². The van der Waals surface area contributed by atoms with Crippen molar-refractivity contribution in [2.24, 2.45) is 0 Å². The number of carbonyl (C=O) groups excluding carboxylic acids is 2. The molecule has 124 valence electrons. The minimum absolute atomic E-state index is 0.0416. The fourth-order valence-corrected chi connectivity index (χ4v) is 3.87. The molecule has 0 spiro atoms. The summed E-state index contributed by atoms with van der Waals surface area (Å²) >= 11 is 1.63. The summed E-state index contributed by atoms with van der Waals surface area (Å²) in [6.07, 6.45) is 2.99. The SMILES string of the molecule is O=C1CCc2cc(C(=O)N3CCN(c4nccs4)CC3)ccc2N1. The zero-order chi connectivity index (χ0) is 16.5. The lowest BCUT2D eigenvalue weighted by molar-refractivity contribution is -0.116. The molecular weight excluding hydrogens is 324 g/mol. The van der Waals surface area contributed by atoms with Crippen molar-refractivity contribution in [1.82, 2.24) is 9.88 Å². The van der Waals surface area contributed by atoms with Crippen LogP contribution in [-0.2, 0) is 11.2 Å². The van der Waals surface area contributed by atoms with E-state index in [0.29, 0.717) is 31.5 Å². The van der Waals surface area contributed by atoms with Crippen LogP contribution in [0, 0.1) is 0 Å². The van der Waals surface area contributed by atoms with Crippen LogP contribution < -0.4 is 10.2 Å². The number of hydrogen-bond acceptors (Lipinski definition) is 5. The largest absolute Gasteiger partial charge is 0.345 e. The van der Waals surface area contributed by atoms with Gasteiger partial charge < -0.3 is 15.1 Å². The van der Waals surface area contributed by atoms with Gasteiger partial charge >= 0.3 is 0 Å². The maximum absolute atomic E-state index is 12.8. The van der Waals surface area contributed by atoms with Crippen LogP contribution in [0.3, 0.4) is 0 Å². The highest BCUT2D eigenvalue weighted by Gasteiger charge is 2.24. The normalized spacial score (nSPS) is 17.4. The average molecular weight is 342 g/mol. The molecule has 24 heavy (non-hydrogen) atoms. The highest BCUT2D eigenvalue weighted by molar-refractivity contribution is 7.13. The van der Waals surface area contributed by atoms with Crippen molar-refractivity contribution >= 4 is 34.0 Å². The molecule has 0 saturated carbocycles. The van der Waals surface area contributed by atoms with E-state index in [1.807, 2.05) is 28.6 Å². The Morgan fingerprint density at radius 3 is 2.75 bits per heavy atom. The number of fused-ring (bicyclic) bond motifs is 1. The smallest absolute Gasteiger partial charge is 0.253 e. The standard InChI is InChI=1S/C17H18N4O2S/c22-15-4-2-12-11-13(1-3-14(12)19-15)16(23)20-6-8-21(9-7-20)17-18-5-10-24-17/h1,3,5,10-11H,2,4,6-9H2,(H,19,22). The van der Waals surface area contributed by atoms with Crippen LogP contribution in [0.4, 0.5) is 10.8 Å². The number of nitrogens with zero attached hydrogens (tertiary/aromatic N) is 3. The summed E-state index contributed by atoms with van der Waals surface area (Å²) in [7, 11) is 0. The van der Waals surface area contributed by atoms with Crippen LogP contribution in [-0.4, -0.2) is 47.9 Å². The number of aromatic nitrogens is 1. The van der Waals surface area contributed by atoms with Crippen molar-refractivity contribution in [2.45, 2.75) is 12.8 Å². The average Bonchev–Trinajstić information content (AvgIpc) is 3.15. The monoisotopic (exact) mass is 342 g/mol. The molecule has 1 aromatic carbocycles. The van der Waals surface area contributed by atoms with Gasteiger partial charge in [-0.3, -0.25) is 9.59 Å². The molecule has 2 aliphatic rings. The van der Waals surface area contributed by atoms with Crippen LogP contribution in [0.15, 0.2) is 29.8 Å². The van der Waals surface area contributed by atoms with Gasteiger partial charge in [-0.1, -0.05) is 0 Å². The lowest BCUT2D eigenvalue weighted by atomic mass is 10.00. The first kappa shape index (κ1) is 15.1. The van der Waals surface area contributed by atoms with Crippen LogP contribution in [0.5, 0.6) is 0 Å². The Morgan fingerprint density at radius 1 is 1.17 bits per heavy atom. The predicted octanol–water partition coefficient (Wildman–Crippen LogP) is 1.99. The summed E-state index contributed by atoms with van der Waals surface area (Å²) in [6.45, 7) is 3.01. The van der Waals surface area contributed by atoms with Gasteiger partial charge in [0.2, 0.25) is 5.91 Å². The summed E-state index contributed by atoms with van der Waals surface area (Å²) in [6, 6.07) is 5.57. The van der Waals surface area contributed by atoms with Gasteiger partial charge in [-0.25, -0.2) is 4.98 Å². The van der Waals surface area contributed by atoms with Crippen molar-refractivity contribution in [3.05, 3.63) is 40.9 Å². The quantitative estimate of drug-likeness (QED) is 0.906. The topological polar surface area (TPSA) is 65.5 Å². The van der Waals surface area contributed by atoms with Gasteiger partial charge in [-0.15, -0.1) is 11.3 Å². The molecule has 4 rings (SSSR count). The number of anilines is 2. The van der Waals surface area contributed by atoms with Gasteiger partial charge in [-0.2, -0.15) is 0 Å². The number of benzene rings is 1. The fraction of sp³-hybridized carbons (Fsp3) is 0.353. The molecule has 0 unspecified atom stereocenters. The Morgan fingerprint density at radius 2 is 2.00 bits per heavy atom. The Bertz CT molecular complexity index is 767. The van der Waals surface area contributed by atoms with E-state index in [9.17, 15) is 9.59 Å². The third kappa shape index (κ3) is 2.87. The zero-order valence-corrected chi connectivity index (χ0v) is 14.0. The lowest BCUT2D eigenvalue weighted by Crippen LogP contribution is -2.48. The van der Waals surface area contributed by atoms with Gasteiger partial charge in [0.15, 0.2) is 5.13 Å². The van der Waals surface area contributed by atoms with Crippen molar-refractivity contribution in [3.8, 4) is 0 Å². The molecule has 2 amide bonds. The summed E-state index contributed by atoms with van der Waals surface area (Å²) in [4.78, 5) is 32.6. The van der Waals surface area contributed by atoms with Crippen LogP contribution in [0.25, 0.3) is 0 Å². The number of thiazole rings is 1. The van der Waals surface area contributed by atoms with Crippen molar-refractivity contribution in [3.63, 3.8) is 0 Å². The molecule has 1 saturated heterocycles. The van der Waals surface area contributed by atoms with E-state index in [4.69, 9.17) is 0 Å². The molecule has 7 heteroatoms. The first-order valence-corrected chi connectivity index (χ1v) is 8.95. The lowest BCUT2D eigenvalue weighted by Gasteiger charge is -2.34. The maximum atomic E-state index is 12.8. The van der Waals surface area contributed by atoms with E-state index in [0.717, 1.165) is 29.5 Å². The van der Waals surface area contributed by atoms with E-state index in [2.05, 4.69) is 15.2 Å². The minimum atomic E-state index is 0.0416. The Labute approximate surface area is 144 Å². The molecule has 6 nitrogen and oxygen atoms in total. The molecular formula is C17H18N4O2S. The number of carbonyl (C=O) groups is 2. The third-order valence-corrected chi connectivity index (χ3v) is 5.34. The summed E-state index contributed by atoms with van der Waals surface area (Å²) in [5.41, 5.74) is 2.57. The van der Waals surface area contributed by atoms with Crippen molar-refractivity contribution in [2.75, 3.05) is 36.4 Å². The summed E-state index contributed by atoms with van der Waals surface area (Å²) in [5.74, 6) is 0.105. The Balaban J connectivity index is 1.44. The second-order valence-corrected chi connectivity index (χ2v) is 6.89. The number of amides is 2. The Hall–Kier alpha value is -2.41. The Kier molecular flexibility index (Phi) is 3.93. The van der Waals surface area contributed by atoms with E-state index in [1.54, 1.807) is 17.4 Å². The summed E-state index contributed by atoms with van der Waals surface area (Å²) < 4.78 is 0. The number of aryl methyl sites for hydroxylation is 1. The predicted molar refractivity (Wildman–Crippen MR) is 93.6 cm³/mol. The second-order valence-electron chi connectivity index (χ2n) is 6.01. The fourth-order valence-electron chi connectivity index (χ4n) is 3.17. The van der Waals surface area contributed by atoms with Crippen LogP contribution >= 0.6 is 11.3 Å².